The van der Waals surface area contributed by atoms with Gasteiger partial charge in [-0.2, -0.15) is 13.2 Å². The lowest BCUT2D eigenvalue weighted by Crippen LogP contribution is -2.12. The van der Waals surface area contributed by atoms with Crippen LogP contribution in [0.2, 0.25) is 0 Å². The Balaban J connectivity index is 1.49. The number of nitrogens with zero attached hydrogens (tertiary/aromatic N) is 1. The Morgan fingerprint density at radius 1 is 1.14 bits per heavy atom. The molecule has 3 aromatic heterocycles. The number of ether oxygens (including phenoxy) is 1. The molecule has 0 radical (unpaired) electrons. The Labute approximate surface area is 209 Å². The van der Waals surface area contributed by atoms with E-state index in [0.717, 1.165) is 11.6 Å². The highest BCUT2D eigenvalue weighted by molar-refractivity contribution is 7.17. The van der Waals surface area contributed by atoms with Gasteiger partial charge in [0.15, 0.2) is 0 Å². The number of aromatic nitrogens is 1. The number of furan rings is 1. The number of nitrogens with one attached hydrogen (secondary N) is 1. The molecule has 9 heteroatoms. The molecule has 5 nitrogen and oxygen atoms in total. The van der Waals surface area contributed by atoms with Gasteiger partial charge >= 0.3 is 6.18 Å². The van der Waals surface area contributed by atoms with Crippen LogP contribution in [0.15, 0.2) is 71.0 Å². The van der Waals surface area contributed by atoms with Crippen LogP contribution in [0, 0.1) is 0 Å². The fraction of sp³-hybridized carbons (Fsp3) is 0.148. The Hall–Kier alpha value is -3.82. The summed E-state index contributed by atoms with van der Waals surface area (Å²) >= 11 is 1.68. The van der Waals surface area contributed by atoms with E-state index in [4.69, 9.17) is 14.9 Å². The molecule has 0 spiro atoms. The number of methoxy groups -OCH3 is 1. The molecule has 36 heavy (non-hydrogen) atoms. The van der Waals surface area contributed by atoms with Crippen molar-refractivity contribution in [2.75, 3.05) is 7.11 Å². The third-order valence-electron chi connectivity index (χ3n) is 5.97. The van der Waals surface area contributed by atoms with E-state index in [1.54, 1.807) is 29.5 Å². The maximum atomic E-state index is 13.3. The zero-order valence-electron chi connectivity index (χ0n) is 19.3. The molecule has 0 aliphatic rings. The number of alkyl halides is 3. The van der Waals surface area contributed by atoms with E-state index >= 15 is 0 Å². The van der Waals surface area contributed by atoms with E-state index in [2.05, 4.69) is 34.4 Å². The van der Waals surface area contributed by atoms with Gasteiger partial charge in [0, 0.05) is 33.5 Å². The Kier molecular flexibility index (Phi) is 6.19. The van der Waals surface area contributed by atoms with Gasteiger partial charge in [0.25, 0.3) is 0 Å². The summed E-state index contributed by atoms with van der Waals surface area (Å²) in [5.74, 6) is 1.20. The second kappa shape index (κ2) is 9.33. The van der Waals surface area contributed by atoms with Crippen LogP contribution in [0.25, 0.3) is 38.0 Å². The molecule has 0 aliphatic heterocycles. The first kappa shape index (κ1) is 23.9. The first-order valence-corrected chi connectivity index (χ1v) is 11.9. The van der Waals surface area contributed by atoms with Crippen molar-refractivity contribution < 1.29 is 22.3 Å². The van der Waals surface area contributed by atoms with Crippen LogP contribution in [-0.4, -0.2) is 12.1 Å². The van der Waals surface area contributed by atoms with Gasteiger partial charge in [0.1, 0.15) is 28.5 Å². The van der Waals surface area contributed by atoms with Crippen molar-refractivity contribution in [3.63, 3.8) is 0 Å². The topological polar surface area (TPSA) is 73.3 Å². The Morgan fingerprint density at radius 2 is 1.94 bits per heavy atom. The fourth-order valence-corrected chi connectivity index (χ4v) is 5.13. The minimum absolute atomic E-state index is 0.0957. The number of hydrogen-bond acceptors (Lipinski definition) is 6. The Bertz CT molecular complexity index is 1590. The molecule has 0 aliphatic carbocycles. The SMILES string of the molecule is C=C(NCc1csc2ccccc12)c1cc(-c2ccc(OC)c3nc(C(F)(F)F)ccc23)oc1CN. The predicted octanol–water partition coefficient (Wildman–Crippen LogP) is 6.96. The molecule has 3 N–H and O–H groups in total. The van der Waals surface area contributed by atoms with Crippen molar-refractivity contribution in [3.8, 4) is 17.1 Å². The zero-order chi connectivity index (χ0) is 25.4. The highest BCUT2D eigenvalue weighted by atomic mass is 32.1. The average Bonchev–Trinajstić information content (AvgIpc) is 3.50. The first-order valence-electron chi connectivity index (χ1n) is 11.1. The lowest BCUT2D eigenvalue weighted by atomic mass is 10.0. The lowest BCUT2D eigenvalue weighted by Gasteiger charge is -2.11. The van der Waals surface area contributed by atoms with E-state index in [1.165, 1.54) is 23.3 Å². The monoisotopic (exact) mass is 509 g/mol. The van der Waals surface area contributed by atoms with Crippen molar-refractivity contribution in [3.05, 3.63) is 89.1 Å². The quantitative estimate of drug-likeness (QED) is 0.248. The fourth-order valence-electron chi connectivity index (χ4n) is 4.16. The minimum Gasteiger partial charge on any atom is -0.494 e. The van der Waals surface area contributed by atoms with E-state index < -0.39 is 11.9 Å². The van der Waals surface area contributed by atoms with Crippen molar-refractivity contribution in [2.45, 2.75) is 19.3 Å². The van der Waals surface area contributed by atoms with Crippen LogP contribution in [0.5, 0.6) is 5.75 Å². The summed E-state index contributed by atoms with van der Waals surface area (Å²) in [7, 11) is 1.39. The third-order valence-corrected chi connectivity index (χ3v) is 6.98. The molecule has 0 unspecified atom stereocenters. The van der Waals surface area contributed by atoms with Gasteiger partial charge in [-0.3, -0.25) is 0 Å². The number of fused-ring (bicyclic) bond motifs is 2. The lowest BCUT2D eigenvalue weighted by molar-refractivity contribution is -0.140. The van der Waals surface area contributed by atoms with Crippen LogP contribution in [0.3, 0.4) is 0 Å². The maximum Gasteiger partial charge on any atom is 0.433 e. The van der Waals surface area contributed by atoms with Crippen molar-refractivity contribution >= 4 is 38.0 Å². The van der Waals surface area contributed by atoms with Crippen LogP contribution in [0.4, 0.5) is 13.2 Å². The van der Waals surface area contributed by atoms with Crippen molar-refractivity contribution in [2.24, 2.45) is 5.73 Å². The molecule has 0 bridgehead atoms. The number of halogens is 3. The summed E-state index contributed by atoms with van der Waals surface area (Å²) in [6.45, 7) is 4.87. The number of pyridine rings is 1. The molecule has 0 atom stereocenters. The number of thiophene rings is 1. The molecule has 5 rings (SSSR count). The average molecular weight is 510 g/mol. The van der Waals surface area contributed by atoms with Crippen molar-refractivity contribution in [1.29, 1.82) is 0 Å². The van der Waals surface area contributed by atoms with Gasteiger partial charge in [-0.1, -0.05) is 24.8 Å². The maximum absolute atomic E-state index is 13.3. The molecule has 0 amide bonds. The summed E-state index contributed by atoms with van der Waals surface area (Å²) in [5, 5.41) is 7.12. The number of hydrogen-bond donors (Lipinski definition) is 2. The molecule has 0 saturated carbocycles. The molecular formula is C27H22F3N3O2S. The Morgan fingerprint density at radius 3 is 2.69 bits per heavy atom. The third kappa shape index (κ3) is 4.31. The second-order valence-electron chi connectivity index (χ2n) is 8.15. The highest BCUT2D eigenvalue weighted by Crippen LogP contribution is 2.38. The molecule has 2 aromatic carbocycles. The van der Waals surface area contributed by atoms with Gasteiger partial charge in [-0.15, -0.1) is 11.3 Å². The summed E-state index contributed by atoms with van der Waals surface area (Å²) < 4.78 is 52.3. The van der Waals surface area contributed by atoms with Crippen LogP contribution in [0.1, 0.15) is 22.6 Å². The van der Waals surface area contributed by atoms with E-state index in [1.807, 2.05) is 12.1 Å². The smallest absolute Gasteiger partial charge is 0.433 e. The van der Waals surface area contributed by atoms with E-state index in [0.29, 0.717) is 40.3 Å². The largest absolute Gasteiger partial charge is 0.494 e. The van der Waals surface area contributed by atoms with E-state index in [9.17, 15) is 13.2 Å². The van der Waals surface area contributed by atoms with Crippen LogP contribution < -0.4 is 15.8 Å². The van der Waals surface area contributed by atoms with Crippen LogP contribution >= 0.6 is 11.3 Å². The number of benzene rings is 2. The summed E-state index contributed by atoms with van der Waals surface area (Å²) in [5.41, 5.74) is 8.12. The van der Waals surface area contributed by atoms with Gasteiger partial charge in [0.05, 0.1) is 13.7 Å². The molecule has 184 valence electrons. The van der Waals surface area contributed by atoms with Gasteiger partial charge in [-0.25, -0.2) is 4.98 Å². The predicted molar refractivity (Wildman–Crippen MR) is 137 cm³/mol. The molecular weight excluding hydrogens is 487 g/mol. The van der Waals surface area contributed by atoms with Crippen molar-refractivity contribution in [1.82, 2.24) is 10.3 Å². The first-order chi connectivity index (χ1) is 17.3. The zero-order valence-corrected chi connectivity index (χ0v) is 20.1. The summed E-state index contributed by atoms with van der Waals surface area (Å²) in [6, 6.07) is 15.6. The summed E-state index contributed by atoms with van der Waals surface area (Å²) in [6.07, 6.45) is -4.57. The number of nitrogens with two attached hydrogens (primary N) is 1. The number of rotatable bonds is 7. The summed E-state index contributed by atoms with van der Waals surface area (Å²) in [4.78, 5) is 3.83. The second-order valence-corrected chi connectivity index (χ2v) is 9.06. The molecule has 3 heterocycles. The van der Waals surface area contributed by atoms with Crippen LogP contribution in [-0.2, 0) is 19.3 Å². The highest BCUT2D eigenvalue weighted by Gasteiger charge is 2.33. The standard InChI is InChI=1S/C27H22F3N3O2S/c1-15(32-13-16-14-36-24-6-4-3-5-17(16)24)20-11-22(35-23(20)12-31)18-7-9-21(34-2)26-19(18)8-10-25(33-26)27(28,29)30/h3-11,14,32H,1,12-13,31H2,2H3. The van der Waals surface area contributed by atoms with Gasteiger partial charge < -0.3 is 20.2 Å². The molecule has 0 fully saturated rings. The normalized spacial score (nSPS) is 11.8. The van der Waals surface area contributed by atoms with Gasteiger partial charge in [0.2, 0.25) is 0 Å². The van der Waals surface area contributed by atoms with E-state index in [-0.39, 0.29) is 17.8 Å². The molecule has 5 aromatic rings. The van der Waals surface area contributed by atoms with Gasteiger partial charge in [-0.05, 0) is 52.7 Å². The molecule has 0 saturated heterocycles. The minimum atomic E-state index is -4.57.